The number of nitrogens with zero attached hydrogens (tertiary/aromatic N) is 2. The van der Waals surface area contributed by atoms with E-state index in [0.717, 1.165) is 6.92 Å². The van der Waals surface area contributed by atoms with Crippen molar-refractivity contribution in [2.24, 2.45) is 0 Å². The first kappa shape index (κ1) is 8.45. The Kier molecular flexibility index (Phi) is 2.40. The summed E-state index contributed by atoms with van der Waals surface area (Å²) in [5.41, 5.74) is -1.63. The van der Waals surface area contributed by atoms with Gasteiger partial charge >= 0.3 is 5.97 Å². The predicted molar refractivity (Wildman–Crippen MR) is 31.4 cm³/mol. The van der Waals surface area contributed by atoms with Gasteiger partial charge in [0.1, 0.15) is 12.1 Å². The van der Waals surface area contributed by atoms with E-state index in [-0.39, 0.29) is 0 Å². The average Bonchev–Trinajstić information content (AvgIpc) is 1.87. The van der Waals surface area contributed by atoms with Crippen molar-refractivity contribution < 1.29 is 9.53 Å². The molecular formula is C6H6N2O2. The molecular weight excluding hydrogens is 132 g/mol. The van der Waals surface area contributed by atoms with E-state index < -0.39 is 11.6 Å². The number of esters is 1. The van der Waals surface area contributed by atoms with E-state index in [4.69, 9.17) is 10.5 Å². The zero-order valence-corrected chi connectivity index (χ0v) is 5.71. The van der Waals surface area contributed by atoms with Crippen molar-refractivity contribution in [2.45, 2.75) is 19.4 Å². The van der Waals surface area contributed by atoms with Gasteiger partial charge in [0.2, 0.25) is 0 Å². The molecule has 4 nitrogen and oxygen atoms in total. The Labute approximate surface area is 58.6 Å². The summed E-state index contributed by atoms with van der Waals surface area (Å²) >= 11 is 0. The van der Waals surface area contributed by atoms with Crippen molar-refractivity contribution in [1.82, 2.24) is 0 Å². The Morgan fingerprint density at radius 1 is 1.50 bits per heavy atom. The van der Waals surface area contributed by atoms with Crippen LogP contribution in [0.5, 0.6) is 0 Å². The first-order valence-electron chi connectivity index (χ1n) is 2.56. The Hall–Kier alpha value is -1.55. The molecule has 0 radical (unpaired) electrons. The Balaban J connectivity index is 4.29. The fraction of sp³-hybridized carbons (Fsp3) is 0.500. The highest BCUT2D eigenvalue weighted by Crippen LogP contribution is 2.06. The predicted octanol–water partition coefficient (Wildman–Crippen LogP) is 0.355. The third-order valence-corrected chi connectivity index (χ3v) is 0.775. The molecule has 0 aliphatic carbocycles. The molecule has 0 fully saturated rings. The fourth-order valence-corrected chi connectivity index (χ4v) is 0.358. The summed E-state index contributed by atoms with van der Waals surface area (Å²) in [6.45, 7) is 2.38. The molecule has 52 valence electrons. The number of hydrogen-bond donors (Lipinski definition) is 0. The summed E-state index contributed by atoms with van der Waals surface area (Å²) in [6, 6.07) is 3.11. The van der Waals surface area contributed by atoms with Crippen molar-refractivity contribution in [3.05, 3.63) is 0 Å². The molecule has 0 aliphatic heterocycles. The van der Waals surface area contributed by atoms with Crippen LogP contribution in [0.4, 0.5) is 0 Å². The van der Waals surface area contributed by atoms with E-state index in [1.165, 1.54) is 6.92 Å². The van der Waals surface area contributed by atoms with Gasteiger partial charge < -0.3 is 4.74 Å². The van der Waals surface area contributed by atoms with Crippen LogP contribution in [0.25, 0.3) is 0 Å². The first-order valence-corrected chi connectivity index (χ1v) is 2.56. The van der Waals surface area contributed by atoms with Gasteiger partial charge in [-0.05, 0) is 0 Å². The van der Waals surface area contributed by atoms with E-state index in [1.807, 2.05) is 0 Å². The van der Waals surface area contributed by atoms with Crippen molar-refractivity contribution in [2.75, 3.05) is 0 Å². The van der Waals surface area contributed by atoms with Crippen molar-refractivity contribution in [1.29, 1.82) is 10.5 Å². The van der Waals surface area contributed by atoms with E-state index in [0.29, 0.717) is 0 Å². The molecule has 0 heterocycles. The minimum atomic E-state index is -1.63. The molecule has 0 saturated heterocycles. The Morgan fingerprint density at radius 2 is 1.90 bits per heavy atom. The molecule has 0 amide bonds. The van der Waals surface area contributed by atoms with Crippen LogP contribution in [0.15, 0.2) is 0 Å². The number of carbonyl (C=O) groups is 1. The van der Waals surface area contributed by atoms with Crippen LogP contribution in [0.2, 0.25) is 0 Å². The molecule has 0 aromatic heterocycles. The topological polar surface area (TPSA) is 73.9 Å². The van der Waals surface area contributed by atoms with Crippen LogP contribution in [-0.4, -0.2) is 11.6 Å². The van der Waals surface area contributed by atoms with Crippen LogP contribution in [0.3, 0.4) is 0 Å². The number of rotatable bonds is 1. The van der Waals surface area contributed by atoms with E-state index in [2.05, 4.69) is 4.74 Å². The maximum atomic E-state index is 10.3. The lowest BCUT2D eigenvalue weighted by atomic mass is 10.2. The number of hydrogen-bond acceptors (Lipinski definition) is 4. The first-order chi connectivity index (χ1) is 4.54. The van der Waals surface area contributed by atoms with Crippen LogP contribution in [0.1, 0.15) is 13.8 Å². The molecule has 0 spiro atoms. The van der Waals surface area contributed by atoms with Crippen molar-refractivity contribution in [3.8, 4) is 12.1 Å². The molecule has 0 aromatic carbocycles. The van der Waals surface area contributed by atoms with Crippen LogP contribution < -0.4 is 0 Å². The lowest BCUT2D eigenvalue weighted by Gasteiger charge is -2.10. The molecule has 10 heavy (non-hydrogen) atoms. The summed E-state index contributed by atoms with van der Waals surface area (Å²) < 4.78 is 4.38. The Morgan fingerprint density at radius 3 is 2.00 bits per heavy atom. The summed E-state index contributed by atoms with van der Waals surface area (Å²) in [5.74, 6) is -0.634. The van der Waals surface area contributed by atoms with Gasteiger partial charge in [0.05, 0.1) is 0 Å². The molecule has 0 aliphatic rings. The minimum absolute atomic E-state index is 0.634. The van der Waals surface area contributed by atoms with E-state index in [9.17, 15) is 4.79 Å². The van der Waals surface area contributed by atoms with E-state index >= 15 is 0 Å². The van der Waals surface area contributed by atoms with Gasteiger partial charge in [-0.15, -0.1) is 0 Å². The second kappa shape index (κ2) is 2.84. The molecule has 0 N–H and O–H groups in total. The van der Waals surface area contributed by atoms with Gasteiger partial charge in [0, 0.05) is 13.8 Å². The van der Waals surface area contributed by atoms with Crippen LogP contribution in [0, 0.1) is 22.7 Å². The Bertz CT molecular complexity index is 207. The van der Waals surface area contributed by atoms with Crippen molar-refractivity contribution in [3.63, 3.8) is 0 Å². The van der Waals surface area contributed by atoms with Gasteiger partial charge in [-0.1, -0.05) is 0 Å². The highest BCUT2D eigenvalue weighted by molar-refractivity contribution is 5.67. The largest absolute Gasteiger partial charge is 0.430 e. The monoisotopic (exact) mass is 138 g/mol. The highest BCUT2D eigenvalue weighted by atomic mass is 16.6. The number of carbonyl (C=O) groups excluding carboxylic acids is 1. The van der Waals surface area contributed by atoms with Gasteiger partial charge in [-0.25, -0.2) is 0 Å². The van der Waals surface area contributed by atoms with E-state index in [1.54, 1.807) is 12.1 Å². The standard InChI is InChI=1S/C6H6N2O2/c1-5(9)10-6(2,3-7)4-8/h1-2H3. The summed E-state index contributed by atoms with van der Waals surface area (Å²) in [7, 11) is 0. The lowest BCUT2D eigenvalue weighted by Crippen LogP contribution is -2.26. The molecule has 0 aromatic rings. The third kappa shape index (κ3) is 2.15. The fourth-order valence-electron chi connectivity index (χ4n) is 0.358. The third-order valence-electron chi connectivity index (χ3n) is 0.775. The number of nitriles is 2. The average molecular weight is 138 g/mol. The van der Waals surface area contributed by atoms with Crippen molar-refractivity contribution >= 4 is 5.97 Å². The van der Waals surface area contributed by atoms with Gasteiger partial charge in [0.15, 0.2) is 0 Å². The zero-order chi connectivity index (χ0) is 8.20. The molecule has 0 atom stereocenters. The van der Waals surface area contributed by atoms with Gasteiger partial charge in [-0.2, -0.15) is 10.5 Å². The zero-order valence-electron chi connectivity index (χ0n) is 5.71. The molecule has 0 unspecified atom stereocenters. The van der Waals surface area contributed by atoms with Crippen LogP contribution >= 0.6 is 0 Å². The highest BCUT2D eigenvalue weighted by Gasteiger charge is 2.26. The molecule has 4 heteroatoms. The normalized spacial score (nSPS) is 9.20. The molecule has 0 saturated carbocycles. The molecule has 0 bridgehead atoms. The SMILES string of the molecule is CC(=O)OC(C)(C#N)C#N. The summed E-state index contributed by atoms with van der Waals surface area (Å²) in [6.07, 6.45) is 0. The second-order valence-corrected chi connectivity index (χ2v) is 1.85. The second-order valence-electron chi connectivity index (χ2n) is 1.85. The number of ether oxygens (including phenoxy) is 1. The minimum Gasteiger partial charge on any atom is -0.430 e. The summed E-state index contributed by atoms with van der Waals surface area (Å²) in [5, 5.41) is 16.6. The summed E-state index contributed by atoms with van der Waals surface area (Å²) in [4.78, 5) is 10.3. The van der Waals surface area contributed by atoms with Gasteiger partial charge in [0.25, 0.3) is 5.60 Å². The maximum Gasteiger partial charge on any atom is 0.305 e. The quantitative estimate of drug-likeness (QED) is 0.490. The smallest absolute Gasteiger partial charge is 0.305 e. The molecule has 0 rings (SSSR count). The van der Waals surface area contributed by atoms with Gasteiger partial charge in [-0.3, -0.25) is 4.79 Å². The van der Waals surface area contributed by atoms with Crippen LogP contribution in [-0.2, 0) is 9.53 Å². The maximum absolute atomic E-state index is 10.3. The lowest BCUT2D eigenvalue weighted by molar-refractivity contribution is -0.146.